The number of anilines is 1. The molecule has 1 fully saturated rings. The van der Waals surface area contributed by atoms with Crippen LogP contribution in [0.1, 0.15) is 32.1 Å². The third kappa shape index (κ3) is 3.79. The highest BCUT2D eigenvalue weighted by Crippen LogP contribution is 2.23. The van der Waals surface area contributed by atoms with E-state index < -0.39 is 0 Å². The first-order valence-electron chi connectivity index (χ1n) is 8.31. The maximum Gasteiger partial charge on any atom is 0.239 e. The van der Waals surface area contributed by atoms with E-state index >= 15 is 0 Å². The predicted octanol–water partition coefficient (Wildman–Crippen LogP) is 3.95. The molecule has 0 aromatic heterocycles. The van der Waals surface area contributed by atoms with Crippen LogP contribution >= 0.6 is 0 Å². The molecule has 0 heterocycles. The molecule has 3 heteroatoms. The molecule has 0 unspecified atom stereocenters. The Balaban J connectivity index is 1.51. The summed E-state index contributed by atoms with van der Waals surface area (Å²) in [6.45, 7) is 1.16. The minimum atomic E-state index is 0.0820. The van der Waals surface area contributed by atoms with Gasteiger partial charge in [-0.05, 0) is 30.2 Å². The second-order valence-electron chi connectivity index (χ2n) is 6.19. The molecule has 0 radical (unpaired) electrons. The molecule has 1 aliphatic carbocycles. The number of carbonyl (C=O) groups excluding carboxylic acids is 1. The summed E-state index contributed by atoms with van der Waals surface area (Å²) in [5.41, 5.74) is 1.02. The summed E-state index contributed by atoms with van der Waals surface area (Å²) in [4.78, 5) is 12.0. The van der Waals surface area contributed by atoms with Crippen LogP contribution < -0.4 is 10.6 Å². The molecule has 1 aliphatic rings. The molecular formula is C19H24N2O. The van der Waals surface area contributed by atoms with Crippen LogP contribution in [0.3, 0.4) is 0 Å². The van der Waals surface area contributed by atoms with Crippen LogP contribution in [0, 0.1) is 5.92 Å². The van der Waals surface area contributed by atoms with E-state index in [1.807, 2.05) is 24.3 Å². The SMILES string of the molecule is O=C(CNc1cccc2ccccc12)NCC1CCCCC1. The van der Waals surface area contributed by atoms with Crippen LogP contribution in [-0.4, -0.2) is 19.0 Å². The standard InChI is InChI=1S/C19H24N2O/c22-19(21-13-15-7-2-1-3-8-15)14-20-18-12-6-10-16-9-4-5-11-17(16)18/h4-6,9-12,15,20H,1-3,7-8,13-14H2,(H,21,22). The minimum Gasteiger partial charge on any atom is -0.376 e. The van der Waals surface area contributed by atoms with Gasteiger partial charge in [-0.1, -0.05) is 55.7 Å². The number of hydrogen-bond donors (Lipinski definition) is 2. The van der Waals surface area contributed by atoms with Gasteiger partial charge in [0, 0.05) is 17.6 Å². The maximum atomic E-state index is 12.0. The largest absolute Gasteiger partial charge is 0.376 e. The highest BCUT2D eigenvalue weighted by molar-refractivity contribution is 5.95. The van der Waals surface area contributed by atoms with Gasteiger partial charge in [-0.25, -0.2) is 0 Å². The number of hydrogen-bond acceptors (Lipinski definition) is 2. The van der Waals surface area contributed by atoms with Crippen LogP contribution in [0.5, 0.6) is 0 Å². The van der Waals surface area contributed by atoms with Crippen molar-refractivity contribution in [3.63, 3.8) is 0 Å². The molecular weight excluding hydrogens is 272 g/mol. The predicted molar refractivity (Wildman–Crippen MR) is 92.0 cm³/mol. The van der Waals surface area contributed by atoms with Crippen molar-refractivity contribution in [2.24, 2.45) is 5.92 Å². The number of carbonyl (C=O) groups is 1. The summed E-state index contributed by atoms with van der Waals surface area (Å²) in [5.74, 6) is 0.758. The Morgan fingerprint density at radius 1 is 1.00 bits per heavy atom. The average Bonchev–Trinajstić information content (AvgIpc) is 2.59. The average molecular weight is 296 g/mol. The van der Waals surface area contributed by atoms with Crippen LogP contribution in [0.4, 0.5) is 5.69 Å². The Morgan fingerprint density at radius 2 is 1.77 bits per heavy atom. The van der Waals surface area contributed by atoms with Crippen LogP contribution in [-0.2, 0) is 4.79 Å². The molecule has 1 amide bonds. The highest BCUT2D eigenvalue weighted by Gasteiger charge is 2.14. The van der Waals surface area contributed by atoms with Gasteiger partial charge < -0.3 is 10.6 Å². The fourth-order valence-corrected chi connectivity index (χ4v) is 3.27. The molecule has 0 aliphatic heterocycles. The first-order chi connectivity index (χ1) is 10.8. The molecule has 2 aromatic rings. The topological polar surface area (TPSA) is 41.1 Å². The van der Waals surface area contributed by atoms with Gasteiger partial charge in [0.05, 0.1) is 6.54 Å². The van der Waals surface area contributed by atoms with E-state index in [0.29, 0.717) is 12.5 Å². The quantitative estimate of drug-likeness (QED) is 0.877. The molecule has 116 valence electrons. The van der Waals surface area contributed by atoms with Gasteiger partial charge in [-0.2, -0.15) is 0 Å². The van der Waals surface area contributed by atoms with Crippen molar-refractivity contribution >= 4 is 22.4 Å². The number of amides is 1. The minimum absolute atomic E-state index is 0.0820. The third-order valence-corrected chi connectivity index (χ3v) is 4.54. The lowest BCUT2D eigenvalue weighted by atomic mass is 9.89. The van der Waals surface area contributed by atoms with Crippen LogP contribution in [0.15, 0.2) is 42.5 Å². The van der Waals surface area contributed by atoms with Crippen molar-refractivity contribution in [3.8, 4) is 0 Å². The molecule has 0 spiro atoms. The number of nitrogens with one attached hydrogen (secondary N) is 2. The van der Waals surface area contributed by atoms with E-state index in [-0.39, 0.29) is 5.91 Å². The normalized spacial score (nSPS) is 15.6. The fourth-order valence-electron chi connectivity index (χ4n) is 3.27. The highest BCUT2D eigenvalue weighted by atomic mass is 16.1. The van der Waals surface area contributed by atoms with Gasteiger partial charge in [0.15, 0.2) is 0 Å². The summed E-state index contributed by atoms with van der Waals surface area (Å²) in [6, 6.07) is 14.4. The van der Waals surface area contributed by atoms with Gasteiger partial charge in [0.1, 0.15) is 0 Å². The van der Waals surface area contributed by atoms with E-state index in [0.717, 1.165) is 17.6 Å². The van der Waals surface area contributed by atoms with Gasteiger partial charge in [0.25, 0.3) is 0 Å². The summed E-state index contributed by atoms with van der Waals surface area (Å²) in [7, 11) is 0. The van der Waals surface area contributed by atoms with Crippen molar-refractivity contribution in [2.45, 2.75) is 32.1 Å². The smallest absolute Gasteiger partial charge is 0.239 e. The third-order valence-electron chi connectivity index (χ3n) is 4.54. The van der Waals surface area contributed by atoms with Crippen molar-refractivity contribution in [3.05, 3.63) is 42.5 Å². The molecule has 22 heavy (non-hydrogen) atoms. The molecule has 2 aromatic carbocycles. The number of rotatable bonds is 5. The molecule has 0 atom stereocenters. The van der Waals surface area contributed by atoms with Gasteiger partial charge in [-0.3, -0.25) is 4.79 Å². The zero-order chi connectivity index (χ0) is 15.2. The zero-order valence-electron chi connectivity index (χ0n) is 13.0. The number of fused-ring (bicyclic) bond motifs is 1. The number of benzene rings is 2. The van der Waals surface area contributed by atoms with Crippen molar-refractivity contribution in [1.82, 2.24) is 5.32 Å². The molecule has 0 saturated heterocycles. The van der Waals surface area contributed by atoms with Crippen LogP contribution in [0.2, 0.25) is 0 Å². The first-order valence-corrected chi connectivity index (χ1v) is 8.31. The van der Waals surface area contributed by atoms with Gasteiger partial charge in [-0.15, -0.1) is 0 Å². The first kappa shape index (κ1) is 14.9. The Hall–Kier alpha value is -2.03. The Morgan fingerprint density at radius 3 is 2.64 bits per heavy atom. The van der Waals surface area contributed by atoms with Crippen molar-refractivity contribution in [2.75, 3.05) is 18.4 Å². The summed E-state index contributed by atoms with van der Waals surface area (Å²) >= 11 is 0. The Bertz CT molecular complexity index is 627. The van der Waals surface area contributed by atoms with Crippen molar-refractivity contribution < 1.29 is 4.79 Å². The molecule has 1 saturated carbocycles. The van der Waals surface area contributed by atoms with E-state index in [1.165, 1.54) is 37.5 Å². The second-order valence-corrected chi connectivity index (χ2v) is 6.19. The fraction of sp³-hybridized carbons (Fsp3) is 0.421. The monoisotopic (exact) mass is 296 g/mol. The lowest BCUT2D eigenvalue weighted by Crippen LogP contribution is -2.34. The molecule has 2 N–H and O–H groups in total. The maximum absolute atomic E-state index is 12.0. The van der Waals surface area contributed by atoms with Gasteiger partial charge >= 0.3 is 0 Å². The summed E-state index contributed by atoms with van der Waals surface area (Å²) in [5, 5.41) is 8.68. The van der Waals surface area contributed by atoms with Crippen LogP contribution in [0.25, 0.3) is 10.8 Å². The Labute approximate surface area is 132 Å². The summed E-state index contributed by atoms with van der Waals surface area (Å²) in [6.07, 6.45) is 6.50. The van der Waals surface area contributed by atoms with Crippen molar-refractivity contribution in [1.29, 1.82) is 0 Å². The molecule has 3 nitrogen and oxygen atoms in total. The van der Waals surface area contributed by atoms with Gasteiger partial charge in [0.2, 0.25) is 5.91 Å². The second kappa shape index (κ2) is 7.30. The zero-order valence-corrected chi connectivity index (χ0v) is 13.0. The lowest BCUT2D eigenvalue weighted by molar-refractivity contribution is -0.119. The molecule has 3 rings (SSSR count). The van der Waals surface area contributed by atoms with E-state index in [4.69, 9.17) is 0 Å². The Kier molecular flexibility index (Phi) is 4.94. The van der Waals surface area contributed by atoms with E-state index in [2.05, 4.69) is 28.8 Å². The summed E-state index contributed by atoms with van der Waals surface area (Å²) < 4.78 is 0. The lowest BCUT2D eigenvalue weighted by Gasteiger charge is -2.21. The van der Waals surface area contributed by atoms with E-state index in [1.54, 1.807) is 0 Å². The molecule has 0 bridgehead atoms. The van der Waals surface area contributed by atoms with E-state index in [9.17, 15) is 4.79 Å².